The van der Waals surface area contributed by atoms with Crippen LogP contribution in [0.25, 0.3) is 0 Å². The maximum atomic E-state index is 12.4. The van der Waals surface area contributed by atoms with Crippen LogP contribution in [0.3, 0.4) is 0 Å². The van der Waals surface area contributed by atoms with Crippen LogP contribution in [0.5, 0.6) is 0 Å². The van der Waals surface area contributed by atoms with Gasteiger partial charge in [0.1, 0.15) is 0 Å². The van der Waals surface area contributed by atoms with Gasteiger partial charge in [0.2, 0.25) is 5.91 Å². The van der Waals surface area contributed by atoms with E-state index in [0.29, 0.717) is 17.9 Å². The fourth-order valence-electron chi connectivity index (χ4n) is 4.67. The second-order valence-electron chi connectivity index (χ2n) is 8.43. The number of hydrogen-bond acceptors (Lipinski definition) is 2. The van der Waals surface area contributed by atoms with E-state index >= 15 is 0 Å². The van der Waals surface area contributed by atoms with E-state index in [9.17, 15) is 4.79 Å². The molecule has 1 heterocycles. The first kappa shape index (κ1) is 13.4. The molecule has 2 N–H and O–H groups in total. The number of piperidine rings is 1. The van der Waals surface area contributed by atoms with Gasteiger partial charge in [0.15, 0.2) is 0 Å². The van der Waals surface area contributed by atoms with Crippen molar-refractivity contribution < 1.29 is 4.79 Å². The molecule has 0 spiro atoms. The van der Waals surface area contributed by atoms with E-state index < -0.39 is 0 Å². The van der Waals surface area contributed by atoms with Gasteiger partial charge in [-0.15, -0.1) is 0 Å². The quantitative estimate of drug-likeness (QED) is 0.804. The van der Waals surface area contributed by atoms with Crippen molar-refractivity contribution in [2.24, 2.45) is 17.8 Å². The lowest BCUT2D eigenvalue weighted by atomic mass is 9.79. The van der Waals surface area contributed by atoms with E-state index in [4.69, 9.17) is 0 Å². The molecule has 3 nitrogen and oxygen atoms in total. The second kappa shape index (κ2) is 4.21. The zero-order valence-corrected chi connectivity index (χ0v) is 12.8. The molecule has 1 aliphatic heterocycles. The molecule has 3 heteroatoms. The summed E-state index contributed by atoms with van der Waals surface area (Å²) in [4.78, 5) is 12.4. The van der Waals surface area contributed by atoms with Crippen molar-refractivity contribution in [1.82, 2.24) is 10.6 Å². The van der Waals surface area contributed by atoms with Gasteiger partial charge in [-0.1, -0.05) is 0 Å². The third-order valence-corrected chi connectivity index (χ3v) is 5.15. The Balaban J connectivity index is 1.58. The Morgan fingerprint density at radius 1 is 1.00 bits per heavy atom. The van der Waals surface area contributed by atoms with Crippen molar-refractivity contribution >= 4 is 5.91 Å². The molecule has 0 radical (unpaired) electrons. The molecule has 0 aromatic carbocycles. The Kier molecular flexibility index (Phi) is 2.97. The highest BCUT2D eigenvalue weighted by atomic mass is 16.2. The first-order chi connectivity index (χ1) is 8.74. The summed E-state index contributed by atoms with van der Waals surface area (Å²) in [6, 6.07) is 0.329. The van der Waals surface area contributed by atoms with Crippen LogP contribution in [-0.4, -0.2) is 23.0 Å². The van der Waals surface area contributed by atoms with E-state index in [-0.39, 0.29) is 11.1 Å². The normalized spacial score (nSPS) is 39.7. The van der Waals surface area contributed by atoms with Crippen molar-refractivity contribution in [3.05, 3.63) is 0 Å². The Labute approximate surface area is 116 Å². The van der Waals surface area contributed by atoms with Gasteiger partial charge in [0.25, 0.3) is 0 Å². The summed E-state index contributed by atoms with van der Waals surface area (Å²) < 4.78 is 0. The summed E-state index contributed by atoms with van der Waals surface area (Å²) in [7, 11) is 0. The summed E-state index contributed by atoms with van der Waals surface area (Å²) in [5.41, 5.74) is 0.217. The maximum absolute atomic E-state index is 12.4. The predicted molar refractivity (Wildman–Crippen MR) is 76.8 cm³/mol. The zero-order valence-electron chi connectivity index (χ0n) is 12.8. The largest absolute Gasteiger partial charge is 0.353 e. The zero-order chi connectivity index (χ0) is 13.8. The van der Waals surface area contributed by atoms with Gasteiger partial charge in [0.05, 0.1) is 0 Å². The third-order valence-electron chi connectivity index (χ3n) is 5.15. The second-order valence-corrected chi connectivity index (χ2v) is 8.43. The van der Waals surface area contributed by atoms with Gasteiger partial charge >= 0.3 is 0 Å². The average Bonchev–Trinajstić information content (AvgIpc) is 2.80. The average molecular weight is 264 g/mol. The fourth-order valence-corrected chi connectivity index (χ4v) is 4.67. The highest BCUT2D eigenvalue weighted by Crippen LogP contribution is 2.54. The third kappa shape index (κ3) is 2.96. The van der Waals surface area contributed by atoms with Crippen LogP contribution in [0.4, 0.5) is 0 Å². The lowest BCUT2D eigenvalue weighted by Crippen LogP contribution is -2.62. The molecule has 2 saturated carbocycles. The number of rotatable bonds is 2. The predicted octanol–water partition coefficient (Wildman–Crippen LogP) is 2.46. The first-order valence-corrected chi connectivity index (χ1v) is 7.84. The molecule has 0 aromatic rings. The number of nitrogens with one attached hydrogen (secondary N) is 2. The summed E-state index contributed by atoms with van der Waals surface area (Å²) in [5.74, 6) is 2.41. The van der Waals surface area contributed by atoms with E-state index in [2.05, 4.69) is 38.3 Å². The van der Waals surface area contributed by atoms with E-state index in [1.165, 1.54) is 6.42 Å². The molecule has 19 heavy (non-hydrogen) atoms. The van der Waals surface area contributed by atoms with Crippen LogP contribution >= 0.6 is 0 Å². The number of amides is 1. The van der Waals surface area contributed by atoms with Gasteiger partial charge in [-0.2, -0.15) is 0 Å². The molecule has 0 bridgehead atoms. The minimum Gasteiger partial charge on any atom is -0.353 e. The summed E-state index contributed by atoms with van der Waals surface area (Å²) in [5, 5.41) is 7.00. The number of fused-ring (bicyclic) bond motifs is 1. The van der Waals surface area contributed by atoms with Crippen LogP contribution < -0.4 is 10.6 Å². The van der Waals surface area contributed by atoms with Crippen molar-refractivity contribution in [2.75, 3.05) is 0 Å². The van der Waals surface area contributed by atoms with Crippen LogP contribution in [0.2, 0.25) is 0 Å². The molecular weight excluding hydrogens is 236 g/mol. The summed E-state index contributed by atoms with van der Waals surface area (Å²) >= 11 is 0. The molecule has 1 saturated heterocycles. The molecule has 3 aliphatic rings. The van der Waals surface area contributed by atoms with Crippen molar-refractivity contribution in [2.45, 2.75) is 76.9 Å². The Morgan fingerprint density at radius 3 is 2.05 bits per heavy atom. The van der Waals surface area contributed by atoms with E-state index in [1.807, 2.05) is 0 Å². The minimum atomic E-state index is 0.109. The van der Waals surface area contributed by atoms with Gasteiger partial charge in [-0.3, -0.25) is 4.79 Å². The van der Waals surface area contributed by atoms with Crippen LogP contribution in [0.1, 0.15) is 59.8 Å². The lowest BCUT2D eigenvalue weighted by molar-refractivity contribution is -0.126. The van der Waals surface area contributed by atoms with Crippen molar-refractivity contribution in [1.29, 1.82) is 0 Å². The number of carbonyl (C=O) groups excluding carboxylic acids is 1. The lowest BCUT2D eigenvalue weighted by Gasteiger charge is -2.46. The van der Waals surface area contributed by atoms with Crippen LogP contribution in [0, 0.1) is 17.8 Å². The highest BCUT2D eigenvalue weighted by molar-refractivity contribution is 5.79. The molecule has 3 rings (SSSR count). The van der Waals surface area contributed by atoms with Gasteiger partial charge < -0.3 is 10.6 Å². The maximum Gasteiger partial charge on any atom is 0.223 e. The highest BCUT2D eigenvalue weighted by Gasteiger charge is 2.48. The summed E-state index contributed by atoms with van der Waals surface area (Å²) in [6.45, 7) is 8.94. The number of hydrogen-bond donors (Lipinski definition) is 2. The van der Waals surface area contributed by atoms with Gasteiger partial charge in [-0.05, 0) is 71.6 Å². The SMILES string of the molecule is CC1(C)CC(NC(=O)C2CC3CC3C2)CC(C)(C)N1. The molecule has 2 unspecified atom stereocenters. The Hall–Kier alpha value is -0.570. The van der Waals surface area contributed by atoms with Gasteiger partial charge in [-0.25, -0.2) is 0 Å². The smallest absolute Gasteiger partial charge is 0.223 e. The molecule has 1 amide bonds. The van der Waals surface area contributed by atoms with Crippen molar-refractivity contribution in [3.63, 3.8) is 0 Å². The van der Waals surface area contributed by atoms with E-state index in [1.54, 1.807) is 0 Å². The van der Waals surface area contributed by atoms with Gasteiger partial charge in [0, 0.05) is 23.0 Å². The van der Waals surface area contributed by atoms with Crippen LogP contribution in [0.15, 0.2) is 0 Å². The monoisotopic (exact) mass is 264 g/mol. The summed E-state index contributed by atoms with van der Waals surface area (Å²) in [6.07, 6.45) is 5.74. The molecule has 108 valence electrons. The molecule has 2 atom stereocenters. The minimum absolute atomic E-state index is 0.109. The fraction of sp³-hybridized carbons (Fsp3) is 0.938. The molecule has 2 aliphatic carbocycles. The Morgan fingerprint density at radius 2 is 1.53 bits per heavy atom. The Bertz CT molecular complexity index is 362. The first-order valence-electron chi connectivity index (χ1n) is 7.84. The molecular formula is C16H28N2O. The van der Waals surface area contributed by atoms with Crippen LogP contribution in [-0.2, 0) is 4.79 Å². The molecule has 3 fully saturated rings. The molecule has 0 aromatic heterocycles. The topological polar surface area (TPSA) is 41.1 Å². The van der Waals surface area contributed by atoms with Crippen molar-refractivity contribution in [3.8, 4) is 0 Å². The number of carbonyl (C=O) groups is 1. The standard InChI is InChI=1S/C16H28N2O/c1-15(2)8-13(9-16(3,4)18-15)17-14(19)12-6-10-5-11(10)7-12/h10-13,18H,5-9H2,1-4H3,(H,17,19). The van der Waals surface area contributed by atoms with E-state index in [0.717, 1.165) is 37.5 Å².